The summed E-state index contributed by atoms with van der Waals surface area (Å²) < 4.78 is 4.32. The molecule has 1 N–H and O–H groups in total. The quantitative estimate of drug-likeness (QED) is 0.887. The number of aromatic nitrogens is 3. The minimum Gasteiger partial charge on any atom is -0.356 e. The largest absolute Gasteiger partial charge is 0.356 e. The van der Waals surface area contributed by atoms with Gasteiger partial charge >= 0.3 is 0 Å². The van der Waals surface area contributed by atoms with Crippen molar-refractivity contribution in [1.29, 1.82) is 0 Å². The van der Waals surface area contributed by atoms with Crippen LogP contribution >= 0.6 is 11.5 Å². The predicted molar refractivity (Wildman–Crippen MR) is 71.3 cm³/mol. The van der Waals surface area contributed by atoms with Crippen LogP contribution in [0.1, 0.15) is 26.3 Å². The minimum absolute atomic E-state index is 0.00314. The highest BCUT2D eigenvalue weighted by Gasteiger charge is 2.14. The average Bonchev–Trinajstić information content (AvgIpc) is 2.63. The van der Waals surface area contributed by atoms with Gasteiger partial charge in [0.2, 0.25) is 5.13 Å². The molecule has 0 saturated carbocycles. The number of hydrogen-bond donors (Lipinski definition) is 1. The number of aryl methyl sites for hydroxylation is 1. The van der Waals surface area contributed by atoms with Crippen molar-refractivity contribution < 1.29 is 0 Å². The second kappa shape index (κ2) is 4.41. The van der Waals surface area contributed by atoms with E-state index in [0.29, 0.717) is 5.82 Å². The van der Waals surface area contributed by atoms with Crippen molar-refractivity contribution in [3.05, 3.63) is 23.9 Å². The third-order valence-corrected chi connectivity index (χ3v) is 2.68. The lowest BCUT2D eigenvalue weighted by Gasteiger charge is -2.18. The fraction of sp³-hybridized carbons (Fsp3) is 0.417. The summed E-state index contributed by atoms with van der Waals surface area (Å²) >= 11 is 1.36. The SMILES string of the molecule is Cc1ccnc(-c2nsc(NC(C)(C)C)n2)c1. The van der Waals surface area contributed by atoms with Gasteiger partial charge in [-0.25, -0.2) is 0 Å². The van der Waals surface area contributed by atoms with Gasteiger partial charge in [0.05, 0.1) is 0 Å². The van der Waals surface area contributed by atoms with Gasteiger partial charge in [-0.15, -0.1) is 0 Å². The maximum atomic E-state index is 4.44. The van der Waals surface area contributed by atoms with Crippen LogP contribution in [0, 0.1) is 6.92 Å². The molecule has 2 rings (SSSR count). The maximum Gasteiger partial charge on any atom is 0.203 e. The first-order valence-electron chi connectivity index (χ1n) is 5.49. The number of nitrogens with zero attached hydrogens (tertiary/aromatic N) is 3. The van der Waals surface area contributed by atoms with E-state index in [9.17, 15) is 0 Å². The van der Waals surface area contributed by atoms with Gasteiger partial charge in [-0.05, 0) is 45.4 Å². The Labute approximate surface area is 105 Å². The molecule has 17 heavy (non-hydrogen) atoms. The molecule has 0 atom stereocenters. The van der Waals surface area contributed by atoms with Gasteiger partial charge in [-0.2, -0.15) is 9.36 Å². The van der Waals surface area contributed by atoms with E-state index in [-0.39, 0.29) is 5.54 Å². The smallest absolute Gasteiger partial charge is 0.203 e. The summed E-state index contributed by atoms with van der Waals surface area (Å²) in [7, 11) is 0. The Bertz CT molecular complexity index is 513. The average molecular weight is 248 g/mol. The molecule has 0 aliphatic heterocycles. The van der Waals surface area contributed by atoms with E-state index in [4.69, 9.17) is 0 Å². The van der Waals surface area contributed by atoms with Crippen LogP contribution in [0.5, 0.6) is 0 Å². The summed E-state index contributed by atoms with van der Waals surface area (Å²) in [5, 5.41) is 4.13. The summed E-state index contributed by atoms with van der Waals surface area (Å²) in [4.78, 5) is 8.71. The molecule has 0 radical (unpaired) electrons. The summed E-state index contributed by atoms with van der Waals surface area (Å²) in [6.45, 7) is 8.32. The van der Waals surface area contributed by atoms with Crippen molar-refractivity contribution in [2.45, 2.75) is 33.2 Å². The van der Waals surface area contributed by atoms with Gasteiger partial charge in [0.15, 0.2) is 5.82 Å². The lowest BCUT2D eigenvalue weighted by Crippen LogP contribution is -2.25. The van der Waals surface area contributed by atoms with Crippen LogP contribution in [0.4, 0.5) is 5.13 Å². The Morgan fingerprint density at radius 2 is 2.06 bits per heavy atom. The van der Waals surface area contributed by atoms with Crippen molar-refractivity contribution in [2.24, 2.45) is 0 Å². The molecule has 0 aliphatic carbocycles. The van der Waals surface area contributed by atoms with E-state index in [1.807, 2.05) is 19.1 Å². The van der Waals surface area contributed by atoms with E-state index in [2.05, 4.69) is 40.4 Å². The monoisotopic (exact) mass is 248 g/mol. The van der Waals surface area contributed by atoms with Crippen LogP contribution in [0.3, 0.4) is 0 Å². The van der Waals surface area contributed by atoms with Crippen LogP contribution in [-0.4, -0.2) is 19.9 Å². The second-order valence-electron chi connectivity index (χ2n) is 5.02. The lowest BCUT2D eigenvalue weighted by atomic mass is 10.1. The lowest BCUT2D eigenvalue weighted by molar-refractivity contribution is 0.633. The molecule has 90 valence electrons. The molecule has 2 aromatic heterocycles. The first-order chi connectivity index (χ1) is 7.94. The van der Waals surface area contributed by atoms with Crippen LogP contribution in [-0.2, 0) is 0 Å². The highest BCUT2D eigenvalue weighted by Crippen LogP contribution is 2.22. The van der Waals surface area contributed by atoms with E-state index in [0.717, 1.165) is 16.4 Å². The fourth-order valence-electron chi connectivity index (χ4n) is 1.36. The molecule has 0 spiro atoms. The first-order valence-corrected chi connectivity index (χ1v) is 6.26. The number of nitrogens with one attached hydrogen (secondary N) is 1. The number of pyridine rings is 1. The Morgan fingerprint density at radius 3 is 2.71 bits per heavy atom. The zero-order chi connectivity index (χ0) is 12.5. The fourth-order valence-corrected chi connectivity index (χ4v) is 2.14. The van der Waals surface area contributed by atoms with Gasteiger partial charge in [-0.3, -0.25) is 4.98 Å². The van der Waals surface area contributed by atoms with Gasteiger partial charge in [0.25, 0.3) is 0 Å². The van der Waals surface area contributed by atoms with Crippen LogP contribution in [0.25, 0.3) is 11.5 Å². The zero-order valence-corrected chi connectivity index (χ0v) is 11.3. The summed E-state index contributed by atoms with van der Waals surface area (Å²) in [6, 6.07) is 3.95. The Hall–Kier alpha value is -1.49. The van der Waals surface area contributed by atoms with Crippen molar-refractivity contribution >= 4 is 16.7 Å². The van der Waals surface area contributed by atoms with Crippen LogP contribution in [0.2, 0.25) is 0 Å². The molecule has 5 heteroatoms. The van der Waals surface area contributed by atoms with Crippen molar-refractivity contribution in [1.82, 2.24) is 14.3 Å². The van der Waals surface area contributed by atoms with Gasteiger partial charge in [-0.1, -0.05) is 0 Å². The molecule has 0 bridgehead atoms. The molecule has 2 aromatic rings. The van der Waals surface area contributed by atoms with Crippen LogP contribution in [0.15, 0.2) is 18.3 Å². The van der Waals surface area contributed by atoms with E-state index in [1.165, 1.54) is 11.5 Å². The summed E-state index contributed by atoms with van der Waals surface area (Å²) in [5.41, 5.74) is 1.98. The zero-order valence-electron chi connectivity index (χ0n) is 10.5. The number of hydrogen-bond acceptors (Lipinski definition) is 5. The van der Waals surface area contributed by atoms with Gasteiger partial charge in [0, 0.05) is 23.3 Å². The second-order valence-corrected chi connectivity index (χ2v) is 5.77. The number of anilines is 1. The van der Waals surface area contributed by atoms with Crippen LogP contribution < -0.4 is 5.32 Å². The standard InChI is InChI=1S/C12H16N4S/c1-8-5-6-13-9(7-8)10-14-11(17-16-10)15-12(2,3)4/h5-7H,1-4H3,(H,14,15,16). The molecule has 0 saturated heterocycles. The molecule has 0 amide bonds. The molecule has 0 aliphatic rings. The molecule has 0 fully saturated rings. The predicted octanol–water partition coefficient (Wildman–Crippen LogP) is 3.12. The summed E-state index contributed by atoms with van der Waals surface area (Å²) in [5.74, 6) is 0.686. The van der Waals surface area contributed by atoms with E-state index in [1.54, 1.807) is 6.20 Å². The molecular formula is C12H16N4S. The molecule has 0 aromatic carbocycles. The third-order valence-electron chi connectivity index (χ3n) is 2.05. The number of rotatable bonds is 2. The first kappa shape index (κ1) is 12.0. The van der Waals surface area contributed by atoms with E-state index < -0.39 is 0 Å². The van der Waals surface area contributed by atoms with Crippen molar-refractivity contribution in [3.63, 3.8) is 0 Å². The Balaban J connectivity index is 2.24. The Morgan fingerprint density at radius 1 is 1.29 bits per heavy atom. The summed E-state index contributed by atoms with van der Waals surface area (Å²) in [6.07, 6.45) is 1.78. The van der Waals surface area contributed by atoms with Crippen molar-refractivity contribution in [2.75, 3.05) is 5.32 Å². The molecule has 0 unspecified atom stereocenters. The normalized spacial score (nSPS) is 11.5. The Kier molecular flexibility index (Phi) is 3.11. The molecule has 2 heterocycles. The van der Waals surface area contributed by atoms with E-state index >= 15 is 0 Å². The highest BCUT2D eigenvalue weighted by molar-refractivity contribution is 7.09. The topological polar surface area (TPSA) is 50.7 Å². The maximum absolute atomic E-state index is 4.44. The minimum atomic E-state index is -0.00314. The third kappa shape index (κ3) is 3.23. The highest BCUT2D eigenvalue weighted by atomic mass is 32.1. The molecular weight excluding hydrogens is 232 g/mol. The van der Waals surface area contributed by atoms with Gasteiger partial charge in [0.1, 0.15) is 5.69 Å². The molecule has 4 nitrogen and oxygen atoms in total. The van der Waals surface area contributed by atoms with Crippen molar-refractivity contribution in [3.8, 4) is 11.5 Å². The van der Waals surface area contributed by atoms with Gasteiger partial charge < -0.3 is 5.32 Å².